The van der Waals surface area contributed by atoms with Gasteiger partial charge in [0, 0.05) is 6.07 Å². The molecule has 0 aliphatic rings. The van der Waals surface area contributed by atoms with E-state index in [2.05, 4.69) is 10.5 Å². The van der Waals surface area contributed by atoms with Gasteiger partial charge in [0.1, 0.15) is 11.4 Å². The first-order valence-electron chi connectivity index (χ1n) is 10.3. The molecule has 0 radical (unpaired) electrons. The van der Waals surface area contributed by atoms with Crippen molar-refractivity contribution in [2.45, 2.75) is 6.92 Å². The number of esters is 1. The number of carbonyl (C=O) groups excluding carboxylic acids is 1. The number of nitrogens with zero attached hydrogens (tertiary/aromatic N) is 3. The number of hydrogen-bond donors (Lipinski definition) is 1. The highest BCUT2D eigenvalue weighted by atomic mass is 35.5. The summed E-state index contributed by atoms with van der Waals surface area (Å²) in [5.74, 6) is 0.107. The van der Waals surface area contributed by atoms with Crippen molar-refractivity contribution in [3.63, 3.8) is 0 Å². The van der Waals surface area contributed by atoms with E-state index < -0.39 is 27.2 Å². The molecule has 0 aliphatic carbocycles. The minimum absolute atomic E-state index is 0.00968. The molecule has 0 saturated heterocycles. The molecule has 0 amide bonds. The quantitative estimate of drug-likeness (QED) is 0.126. The third-order valence-corrected chi connectivity index (χ3v) is 4.92. The summed E-state index contributed by atoms with van der Waals surface area (Å²) in [7, 11) is 1.51. The van der Waals surface area contributed by atoms with Gasteiger partial charge in [-0.25, -0.2) is 4.79 Å². The monoisotopic (exact) mass is 514 g/mol. The summed E-state index contributed by atoms with van der Waals surface area (Å²) in [6.07, 6.45) is 1.30. The molecule has 0 spiro atoms. The maximum absolute atomic E-state index is 12.6. The molecule has 12 nitrogen and oxygen atoms in total. The van der Waals surface area contributed by atoms with Gasteiger partial charge in [0.15, 0.2) is 11.5 Å². The van der Waals surface area contributed by atoms with Gasteiger partial charge < -0.3 is 14.2 Å². The van der Waals surface area contributed by atoms with Gasteiger partial charge in [-0.1, -0.05) is 11.6 Å². The van der Waals surface area contributed by atoms with Crippen molar-refractivity contribution in [2.75, 3.05) is 19.1 Å². The van der Waals surface area contributed by atoms with Crippen LogP contribution in [0.15, 0.2) is 59.7 Å². The Morgan fingerprint density at radius 2 is 1.81 bits per heavy atom. The van der Waals surface area contributed by atoms with Crippen LogP contribution < -0.4 is 19.6 Å². The molecule has 0 fully saturated rings. The highest BCUT2D eigenvalue weighted by Gasteiger charge is 2.20. The van der Waals surface area contributed by atoms with Crippen molar-refractivity contribution in [1.29, 1.82) is 0 Å². The van der Waals surface area contributed by atoms with E-state index in [1.807, 2.05) is 0 Å². The van der Waals surface area contributed by atoms with Gasteiger partial charge in [-0.05, 0) is 55.0 Å². The van der Waals surface area contributed by atoms with E-state index in [9.17, 15) is 25.0 Å². The Morgan fingerprint density at radius 3 is 2.42 bits per heavy atom. The van der Waals surface area contributed by atoms with Crippen LogP contribution in [-0.2, 0) is 0 Å². The van der Waals surface area contributed by atoms with Crippen LogP contribution in [0.5, 0.6) is 17.2 Å². The van der Waals surface area contributed by atoms with Gasteiger partial charge in [0.2, 0.25) is 0 Å². The number of nitrogens with one attached hydrogen (secondary N) is 1. The third kappa shape index (κ3) is 6.24. The molecule has 0 heterocycles. The Hall–Kier alpha value is -4.71. The van der Waals surface area contributed by atoms with Crippen LogP contribution in [0.25, 0.3) is 0 Å². The fourth-order valence-electron chi connectivity index (χ4n) is 2.96. The molecular weight excluding hydrogens is 496 g/mol. The number of rotatable bonds is 10. The fourth-order valence-corrected chi connectivity index (χ4v) is 3.22. The van der Waals surface area contributed by atoms with Gasteiger partial charge in [-0.3, -0.25) is 25.7 Å². The van der Waals surface area contributed by atoms with Crippen LogP contribution in [0, 0.1) is 20.2 Å². The lowest BCUT2D eigenvalue weighted by molar-refractivity contribution is -0.393. The second-order valence-corrected chi connectivity index (χ2v) is 7.37. The van der Waals surface area contributed by atoms with Gasteiger partial charge in [0.25, 0.3) is 5.69 Å². The van der Waals surface area contributed by atoms with Crippen LogP contribution in [0.4, 0.5) is 17.1 Å². The zero-order valence-corrected chi connectivity index (χ0v) is 19.7. The first-order valence-corrected chi connectivity index (χ1v) is 10.7. The molecule has 3 aromatic rings. The highest BCUT2D eigenvalue weighted by Crippen LogP contribution is 2.37. The number of anilines is 1. The van der Waals surface area contributed by atoms with Gasteiger partial charge >= 0.3 is 11.7 Å². The molecule has 0 saturated carbocycles. The first kappa shape index (κ1) is 25.9. The van der Waals surface area contributed by atoms with Crippen LogP contribution >= 0.6 is 11.6 Å². The van der Waals surface area contributed by atoms with Crippen LogP contribution in [0.2, 0.25) is 5.02 Å². The number of ether oxygens (including phenoxy) is 3. The molecule has 1 N–H and O–H groups in total. The predicted octanol–water partition coefficient (Wildman–Crippen LogP) is 5.23. The number of non-ortho nitro benzene ring substituents is 1. The van der Waals surface area contributed by atoms with Crippen LogP contribution in [0.3, 0.4) is 0 Å². The molecule has 0 aliphatic heterocycles. The lowest BCUT2D eigenvalue weighted by Gasteiger charge is -2.13. The lowest BCUT2D eigenvalue weighted by atomic mass is 10.2. The summed E-state index contributed by atoms with van der Waals surface area (Å²) in [4.78, 5) is 33.2. The highest BCUT2D eigenvalue weighted by molar-refractivity contribution is 6.32. The lowest BCUT2D eigenvalue weighted by Crippen LogP contribution is -2.10. The maximum atomic E-state index is 12.6. The van der Waals surface area contributed by atoms with E-state index in [-0.39, 0.29) is 34.4 Å². The number of benzene rings is 3. The second kappa shape index (κ2) is 11.6. The largest absolute Gasteiger partial charge is 0.497 e. The number of methoxy groups -OCH3 is 1. The van der Waals surface area contributed by atoms with Gasteiger partial charge in [-0.2, -0.15) is 5.10 Å². The van der Waals surface area contributed by atoms with E-state index in [1.165, 1.54) is 31.5 Å². The number of nitro groups is 2. The average molecular weight is 515 g/mol. The Morgan fingerprint density at radius 1 is 1.08 bits per heavy atom. The minimum atomic E-state index is -0.763. The summed E-state index contributed by atoms with van der Waals surface area (Å²) in [5.41, 5.74) is 2.18. The third-order valence-electron chi connectivity index (χ3n) is 4.64. The maximum Gasteiger partial charge on any atom is 0.343 e. The first-order chi connectivity index (χ1) is 17.2. The van der Waals surface area contributed by atoms with Crippen LogP contribution in [0.1, 0.15) is 22.8 Å². The summed E-state index contributed by atoms with van der Waals surface area (Å²) in [6, 6.07) is 12.4. The summed E-state index contributed by atoms with van der Waals surface area (Å²) in [6.45, 7) is 1.98. The van der Waals surface area contributed by atoms with Crippen LogP contribution in [-0.4, -0.2) is 35.7 Å². The van der Waals surface area contributed by atoms with Crippen molar-refractivity contribution in [2.24, 2.45) is 5.10 Å². The minimum Gasteiger partial charge on any atom is -0.497 e. The molecule has 0 bridgehead atoms. The van der Waals surface area contributed by atoms with E-state index in [0.29, 0.717) is 11.3 Å². The van der Waals surface area contributed by atoms with Gasteiger partial charge in [0.05, 0.1) is 46.4 Å². The Kier molecular flexibility index (Phi) is 8.36. The predicted molar refractivity (Wildman–Crippen MR) is 132 cm³/mol. The second-order valence-electron chi connectivity index (χ2n) is 6.97. The molecule has 36 heavy (non-hydrogen) atoms. The summed E-state index contributed by atoms with van der Waals surface area (Å²) < 4.78 is 16.1. The van der Waals surface area contributed by atoms with Crippen molar-refractivity contribution < 1.29 is 28.9 Å². The number of hydrogen-bond acceptors (Lipinski definition) is 10. The van der Waals surface area contributed by atoms with Crippen molar-refractivity contribution in [3.8, 4) is 17.2 Å². The summed E-state index contributed by atoms with van der Waals surface area (Å²) in [5, 5.41) is 26.1. The zero-order chi connectivity index (χ0) is 26.2. The van der Waals surface area contributed by atoms with E-state index in [1.54, 1.807) is 31.2 Å². The standard InChI is InChI=1S/C23H19ClN4O8/c1-3-35-21-11-14(13-25-26-19-9-6-16(27(30)31)12-20(19)28(32)33)10-18(24)22(21)36-23(29)15-4-7-17(34-2)8-5-15/h4-13,26H,3H2,1-2H3/b25-13-. The number of halogens is 1. The number of hydrazone groups is 1. The average Bonchev–Trinajstić information content (AvgIpc) is 2.86. The molecular formula is C23H19ClN4O8. The summed E-state index contributed by atoms with van der Waals surface area (Å²) >= 11 is 6.35. The van der Waals surface area contributed by atoms with Gasteiger partial charge in [-0.15, -0.1) is 0 Å². The van der Waals surface area contributed by atoms with Crippen molar-refractivity contribution in [1.82, 2.24) is 0 Å². The molecule has 13 heteroatoms. The fraction of sp³-hybridized carbons (Fsp3) is 0.130. The number of nitro benzene ring substituents is 2. The topological polar surface area (TPSA) is 155 Å². The van der Waals surface area contributed by atoms with E-state index in [0.717, 1.165) is 12.1 Å². The molecule has 3 rings (SSSR count). The molecule has 186 valence electrons. The molecule has 0 aromatic heterocycles. The Bertz CT molecular complexity index is 1330. The SMILES string of the molecule is CCOc1cc(/C=N\Nc2ccc([N+](=O)[O-])cc2[N+](=O)[O-])cc(Cl)c1OC(=O)c1ccc(OC)cc1. The zero-order valence-electron chi connectivity index (χ0n) is 19.0. The molecule has 0 atom stereocenters. The van der Waals surface area contributed by atoms with Crippen molar-refractivity contribution in [3.05, 3.63) is 91.0 Å². The smallest absolute Gasteiger partial charge is 0.343 e. The Balaban J connectivity index is 1.82. The number of carbonyl (C=O) groups is 1. The van der Waals surface area contributed by atoms with E-state index in [4.69, 9.17) is 25.8 Å². The molecule has 3 aromatic carbocycles. The van der Waals surface area contributed by atoms with Crippen molar-refractivity contribution >= 4 is 40.8 Å². The Labute approximate surface area is 209 Å². The molecule has 0 unspecified atom stereocenters. The normalized spacial score (nSPS) is 10.6. The van der Waals surface area contributed by atoms with E-state index >= 15 is 0 Å².